The minimum atomic E-state index is -0.320. The summed E-state index contributed by atoms with van der Waals surface area (Å²) in [5.74, 6) is 0.345. The highest BCUT2D eigenvalue weighted by Crippen LogP contribution is 2.22. The largest absolute Gasteiger partial charge is 0.393 e. The Kier molecular flexibility index (Phi) is 3.61. The predicted octanol–water partition coefficient (Wildman–Crippen LogP) is 1.98. The van der Waals surface area contributed by atoms with Crippen molar-refractivity contribution in [3.63, 3.8) is 0 Å². The molecule has 0 saturated carbocycles. The smallest absolute Gasteiger partial charge is 0.263 e. The Balaban J connectivity index is 2.02. The lowest BCUT2D eigenvalue weighted by molar-refractivity contribution is 0.0469. The van der Waals surface area contributed by atoms with Crippen LogP contribution in [-0.2, 0) is 0 Å². The van der Waals surface area contributed by atoms with E-state index in [1.165, 1.54) is 11.3 Å². The summed E-state index contributed by atoms with van der Waals surface area (Å²) in [7, 11) is 0. The van der Waals surface area contributed by atoms with Gasteiger partial charge in [0.15, 0.2) is 0 Å². The molecule has 1 aromatic rings. The maximum Gasteiger partial charge on any atom is 0.263 e. The van der Waals surface area contributed by atoms with Crippen molar-refractivity contribution in [1.82, 2.24) is 4.90 Å². The number of rotatable bonds is 2. The third kappa shape index (κ3) is 2.44. The predicted molar refractivity (Wildman–Crippen MR) is 64.6 cm³/mol. The average Bonchev–Trinajstić information content (AvgIpc) is 2.81. The van der Waals surface area contributed by atoms with E-state index in [1.54, 1.807) is 0 Å². The first kappa shape index (κ1) is 11.6. The van der Waals surface area contributed by atoms with E-state index >= 15 is 0 Å². The molecule has 2 unspecified atom stereocenters. The van der Waals surface area contributed by atoms with Crippen molar-refractivity contribution in [2.45, 2.75) is 25.9 Å². The Bertz CT molecular complexity index is 348. The molecule has 1 aromatic heterocycles. The molecule has 3 nitrogen and oxygen atoms in total. The van der Waals surface area contributed by atoms with E-state index in [-0.39, 0.29) is 17.9 Å². The molecule has 0 aromatic carbocycles. The Hall–Kier alpha value is -0.870. The molecule has 0 spiro atoms. The van der Waals surface area contributed by atoms with Crippen LogP contribution >= 0.6 is 11.3 Å². The van der Waals surface area contributed by atoms with Crippen LogP contribution in [-0.4, -0.2) is 35.1 Å². The third-order valence-corrected chi connectivity index (χ3v) is 4.02. The maximum atomic E-state index is 12.1. The normalized spacial score (nSPS) is 23.1. The van der Waals surface area contributed by atoms with Crippen molar-refractivity contribution < 1.29 is 9.90 Å². The van der Waals surface area contributed by atoms with Gasteiger partial charge in [0.05, 0.1) is 11.0 Å². The zero-order chi connectivity index (χ0) is 11.5. The number of aliphatic hydroxyl groups excluding tert-OH is 1. The van der Waals surface area contributed by atoms with Gasteiger partial charge in [-0.3, -0.25) is 4.79 Å². The monoisotopic (exact) mass is 239 g/mol. The molecule has 0 aliphatic carbocycles. The summed E-state index contributed by atoms with van der Waals surface area (Å²) in [6.45, 7) is 3.32. The number of hydrogen-bond donors (Lipinski definition) is 1. The molecule has 0 radical (unpaired) electrons. The zero-order valence-corrected chi connectivity index (χ0v) is 10.2. The standard InChI is InChI=1S/C12H17NO2S/c1-9(14)10-4-2-6-13(8-10)12(15)11-5-3-7-16-11/h3,5,7,9-10,14H,2,4,6,8H2,1H3. The molecule has 1 saturated heterocycles. The van der Waals surface area contributed by atoms with Gasteiger partial charge in [-0.25, -0.2) is 0 Å². The van der Waals surface area contributed by atoms with Gasteiger partial charge in [-0.1, -0.05) is 6.07 Å². The van der Waals surface area contributed by atoms with Gasteiger partial charge in [0.2, 0.25) is 0 Å². The molecule has 2 rings (SSSR count). The summed E-state index contributed by atoms with van der Waals surface area (Å²) in [6.07, 6.45) is 1.69. The van der Waals surface area contributed by atoms with Crippen molar-refractivity contribution in [3.05, 3.63) is 22.4 Å². The highest BCUT2D eigenvalue weighted by Gasteiger charge is 2.27. The summed E-state index contributed by atoms with van der Waals surface area (Å²) in [5.41, 5.74) is 0. The van der Waals surface area contributed by atoms with Gasteiger partial charge in [-0.15, -0.1) is 11.3 Å². The molecule has 1 N–H and O–H groups in total. The fraction of sp³-hybridized carbons (Fsp3) is 0.583. The number of amides is 1. The minimum Gasteiger partial charge on any atom is -0.393 e. The summed E-state index contributed by atoms with van der Waals surface area (Å²) in [6, 6.07) is 3.76. The molecule has 4 heteroatoms. The van der Waals surface area contributed by atoms with Crippen LogP contribution < -0.4 is 0 Å². The molecular formula is C12H17NO2S. The van der Waals surface area contributed by atoms with Gasteiger partial charge in [-0.05, 0) is 31.2 Å². The first-order valence-corrected chi connectivity index (χ1v) is 6.57. The van der Waals surface area contributed by atoms with Crippen LogP contribution in [0.25, 0.3) is 0 Å². The van der Waals surface area contributed by atoms with Gasteiger partial charge in [0.1, 0.15) is 0 Å². The number of nitrogens with zero attached hydrogens (tertiary/aromatic N) is 1. The number of thiophene rings is 1. The second kappa shape index (κ2) is 4.97. The van der Waals surface area contributed by atoms with E-state index in [4.69, 9.17) is 0 Å². The molecule has 2 heterocycles. The number of piperidine rings is 1. The quantitative estimate of drug-likeness (QED) is 0.857. The topological polar surface area (TPSA) is 40.5 Å². The number of carbonyl (C=O) groups is 1. The molecule has 1 aliphatic heterocycles. The lowest BCUT2D eigenvalue weighted by Gasteiger charge is -2.33. The summed E-state index contributed by atoms with van der Waals surface area (Å²) in [5, 5.41) is 11.5. The van der Waals surface area contributed by atoms with Crippen LogP contribution in [0.15, 0.2) is 17.5 Å². The summed E-state index contributed by atoms with van der Waals surface area (Å²) >= 11 is 1.48. The summed E-state index contributed by atoms with van der Waals surface area (Å²) < 4.78 is 0. The molecular weight excluding hydrogens is 222 g/mol. The zero-order valence-electron chi connectivity index (χ0n) is 9.43. The maximum absolute atomic E-state index is 12.1. The fourth-order valence-electron chi connectivity index (χ4n) is 2.14. The van der Waals surface area contributed by atoms with Gasteiger partial charge in [-0.2, -0.15) is 0 Å². The van der Waals surface area contributed by atoms with Gasteiger partial charge < -0.3 is 10.0 Å². The second-order valence-corrected chi connectivity index (χ2v) is 5.32. The van der Waals surface area contributed by atoms with Crippen molar-refractivity contribution in [2.75, 3.05) is 13.1 Å². The van der Waals surface area contributed by atoms with Crippen LogP contribution in [0.3, 0.4) is 0 Å². The highest BCUT2D eigenvalue weighted by atomic mass is 32.1. The fourth-order valence-corrected chi connectivity index (χ4v) is 2.84. The average molecular weight is 239 g/mol. The van der Waals surface area contributed by atoms with Crippen LogP contribution in [0.2, 0.25) is 0 Å². The van der Waals surface area contributed by atoms with E-state index < -0.39 is 0 Å². The van der Waals surface area contributed by atoms with Crippen LogP contribution in [0.1, 0.15) is 29.4 Å². The van der Waals surface area contributed by atoms with E-state index in [0.29, 0.717) is 6.54 Å². The summed E-state index contributed by atoms with van der Waals surface area (Å²) in [4.78, 5) is 14.7. The van der Waals surface area contributed by atoms with E-state index in [0.717, 1.165) is 24.3 Å². The lowest BCUT2D eigenvalue weighted by atomic mass is 9.93. The molecule has 16 heavy (non-hydrogen) atoms. The highest BCUT2D eigenvalue weighted by molar-refractivity contribution is 7.12. The molecule has 1 fully saturated rings. The molecule has 2 atom stereocenters. The van der Waals surface area contributed by atoms with Crippen molar-refractivity contribution in [3.8, 4) is 0 Å². The molecule has 1 aliphatic rings. The number of carbonyl (C=O) groups excluding carboxylic acids is 1. The Morgan fingerprint density at radius 1 is 1.69 bits per heavy atom. The Morgan fingerprint density at radius 2 is 2.50 bits per heavy atom. The van der Waals surface area contributed by atoms with Crippen LogP contribution in [0, 0.1) is 5.92 Å². The lowest BCUT2D eigenvalue weighted by Crippen LogP contribution is -2.42. The van der Waals surface area contributed by atoms with E-state index in [1.807, 2.05) is 29.3 Å². The number of aliphatic hydroxyl groups is 1. The Morgan fingerprint density at radius 3 is 3.12 bits per heavy atom. The van der Waals surface area contributed by atoms with Gasteiger partial charge in [0.25, 0.3) is 5.91 Å². The van der Waals surface area contributed by atoms with E-state index in [9.17, 15) is 9.90 Å². The third-order valence-electron chi connectivity index (χ3n) is 3.16. The van der Waals surface area contributed by atoms with Crippen molar-refractivity contribution in [1.29, 1.82) is 0 Å². The molecule has 1 amide bonds. The first-order valence-electron chi connectivity index (χ1n) is 5.69. The van der Waals surface area contributed by atoms with Crippen LogP contribution in [0.5, 0.6) is 0 Å². The second-order valence-electron chi connectivity index (χ2n) is 4.37. The minimum absolute atomic E-state index is 0.111. The SMILES string of the molecule is CC(O)C1CCCN(C(=O)c2cccs2)C1. The number of hydrogen-bond acceptors (Lipinski definition) is 3. The van der Waals surface area contributed by atoms with Crippen LogP contribution in [0.4, 0.5) is 0 Å². The van der Waals surface area contributed by atoms with Gasteiger partial charge >= 0.3 is 0 Å². The molecule has 88 valence electrons. The van der Waals surface area contributed by atoms with E-state index in [2.05, 4.69) is 0 Å². The number of likely N-dealkylation sites (tertiary alicyclic amines) is 1. The van der Waals surface area contributed by atoms with Crippen molar-refractivity contribution >= 4 is 17.2 Å². The van der Waals surface area contributed by atoms with Crippen molar-refractivity contribution in [2.24, 2.45) is 5.92 Å². The van der Waals surface area contributed by atoms with Gasteiger partial charge in [0, 0.05) is 19.0 Å². The Labute approximate surface area is 99.7 Å². The molecule has 0 bridgehead atoms. The first-order chi connectivity index (χ1) is 7.68.